The zero-order valence-corrected chi connectivity index (χ0v) is 11.1. The monoisotopic (exact) mass is 255 g/mol. The van der Waals surface area contributed by atoms with Crippen LogP contribution in [-0.2, 0) is 20.6 Å². The van der Waals surface area contributed by atoms with Gasteiger partial charge in [0.15, 0.2) is 0 Å². The number of aliphatic hydroxyl groups is 1. The van der Waals surface area contributed by atoms with E-state index in [0.717, 1.165) is 17.4 Å². The van der Waals surface area contributed by atoms with Crippen molar-refractivity contribution in [1.82, 2.24) is 14.5 Å². The number of aliphatic hydroxyl groups excluding tert-OH is 1. The van der Waals surface area contributed by atoms with Gasteiger partial charge < -0.3 is 15.0 Å². The van der Waals surface area contributed by atoms with Crippen LogP contribution in [0.15, 0.2) is 15.8 Å². The summed E-state index contributed by atoms with van der Waals surface area (Å²) in [6.07, 6.45) is 2.79. The third-order valence-electron chi connectivity index (χ3n) is 2.83. The van der Waals surface area contributed by atoms with Crippen molar-refractivity contribution in [3.63, 3.8) is 0 Å². The molecule has 0 aliphatic rings. The van der Waals surface area contributed by atoms with E-state index in [1.807, 2.05) is 6.92 Å². The maximum Gasteiger partial charge on any atom is 0.330 e. The van der Waals surface area contributed by atoms with Crippen molar-refractivity contribution >= 4 is 0 Å². The van der Waals surface area contributed by atoms with Crippen molar-refractivity contribution in [3.8, 4) is 0 Å². The molecule has 0 saturated carbocycles. The molecule has 0 aliphatic heterocycles. The predicted molar refractivity (Wildman–Crippen MR) is 69.5 cm³/mol. The summed E-state index contributed by atoms with van der Waals surface area (Å²) in [5, 5.41) is 12.6. The van der Waals surface area contributed by atoms with Crippen LogP contribution in [0.4, 0.5) is 0 Å². The van der Waals surface area contributed by atoms with E-state index in [-0.39, 0.29) is 11.2 Å². The summed E-state index contributed by atoms with van der Waals surface area (Å²) in [6.45, 7) is 2.80. The molecule has 0 fully saturated rings. The molecular formula is C12H21N3O3. The van der Waals surface area contributed by atoms with Gasteiger partial charge in [0, 0.05) is 38.9 Å². The Hall–Kier alpha value is -1.40. The maximum absolute atomic E-state index is 11.8. The molecule has 0 amide bonds. The molecular weight excluding hydrogens is 234 g/mol. The summed E-state index contributed by atoms with van der Waals surface area (Å²) < 4.78 is 2.46. The second kappa shape index (κ2) is 6.51. The Balaban J connectivity index is 2.69. The van der Waals surface area contributed by atoms with E-state index in [1.165, 1.54) is 17.8 Å². The third kappa shape index (κ3) is 3.54. The molecule has 0 spiro atoms. The Bertz CT molecular complexity index is 504. The van der Waals surface area contributed by atoms with E-state index < -0.39 is 6.10 Å². The van der Waals surface area contributed by atoms with Crippen molar-refractivity contribution in [1.29, 1.82) is 0 Å². The zero-order chi connectivity index (χ0) is 13.7. The molecule has 0 saturated heterocycles. The number of hydrogen-bond donors (Lipinski definition) is 2. The van der Waals surface area contributed by atoms with Crippen molar-refractivity contribution in [2.24, 2.45) is 14.1 Å². The smallest absolute Gasteiger partial charge is 0.330 e. The van der Waals surface area contributed by atoms with Gasteiger partial charge in [-0.15, -0.1) is 0 Å². The molecule has 6 nitrogen and oxygen atoms in total. The predicted octanol–water partition coefficient (Wildman–Crippen LogP) is -0.665. The number of nitrogens with one attached hydrogen (secondary N) is 1. The molecule has 1 atom stereocenters. The first-order valence-corrected chi connectivity index (χ1v) is 6.11. The normalized spacial score (nSPS) is 12.7. The highest BCUT2D eigenvalue weighted by Gasteiger charge is 2.07. The quantitative estimate of drug-likeness (QED) is 0.707. The molecule has 1 aromatic heterocycles. The second-order valence-corrected chi connectivity index (χ2v) is 4.49. The highest BCUT2D eigenvalue weighted by Crippen LogP contribution is 1.94. The van der Waals surface area contributed by atoms with E-state index in [4.69, 9.17) is 0 Å². The first-order chi connectivity index (χ1) is 8.47. The van der Waals surface area contributed by atoms with Crippen LogP contribution in [0.25, 0.3) is 0 Å². The Morgan fingerprint density at radius 3 is 2.67 bits per heavy atom. The number of aromatic nitrogens is 2. The summed E-state index contributed by atoms with van der Waals surface area (Å²) in [4.78, 5) is 23.3. The first-order valence-electron chi connectivity index (χ1n) is 6.11. The first kappa shape index (κ1) is 14.7. The highest BCUT2D eigenvalue weighted by atomic mass is 16.3. The van der Waals surface area contributed by atoms with Crippen LogP contribution in [0.2, 0.25) is 0 Å². The lowest BCUT2D eigenvalue weighted by Gasteiger charge is -2.11. The van der Waals surface area contributed by atoms with Crippen molar-refractivity contribution < 1.29 is 5.11 Å². The fourth-order valence-electron chi connectivity index (χ4n) is 1.81. The van der Waals surface area contributed by atoms with Gasteiger partial charge in [-0.2, -0.15) is 0 Å². The van der Waals surface area contributed by atoms with Crippen LogP contribution in [-0.4, -0.2) is 26.9 Å². The zero-order valence-electron chi connectivity index (χ0n) is 11.1. The molecule has 0 bridgehead atoms. The Kier molecular flexibility index (Phi) is 5.30. The van der Waals surface area contributed by atoms with Crippen LogP contribution in [0.1, 0.15) is 25.3 Å². The van der Waals surface area contributed by atoms with Crippen LogP contribution >= 0.6 is 0 Å². The van der Waals surface area contributed by atoms with E-state index in [2.05, 4.69) is 5.32 Å². The van der Waals surface area contributed by atoms with Crippen LogP contribution < -0.4 is 16.6 Å². The van der Waals surface area contributed by atoms with Crippen LogP contribution in [0.3, 0.4) is 0 Å². The fraction of sp³-hybridized carbons (Fsp3) is 0.667. The standard InChI is InChI=1S/C12H21N3O3/c1-4-5-10(16)7-13-6-9-8-14(2)12(18)15(3)11(9)17/h8,10,13,16H,4-7H2,1-3H3. The lowest BCUT2D eigenvalue weighted by atomic mass is 10.2. The summed E-state index contributed by atoms with van der Waals surface area (Å²) >= 11 is 0. The number of rotatable bonds is 6. The average molecular weight is 255 g/mol. The third-order valence-corrected chi connectivity index (χ3v) is 2.83. The molecule has 18 heavy (non-hydrogen) atoms. The van der Waals surface area contributed by atoms with Crippen LogP contribution in [0.5, 0.6) is 0 Å². The summed E-state index contributed by atoms with van der Waals surface area (Å²) in [5.74, 6) is 0. The van der Waals surface area contributed by atoms with E-state index in [0.29, 0.717) is 18.7 Å². The fourth-order valence-corrected chi connectivity index (χ4v) is 1.81. The highest BCUT2D eigenvalue weighted by molar-refractivity contribution is 5.05. The molecule has 0 radical (unpaired) electrons. The lowest BCUT2D eigenvalue weighted by molar-refractivity contribution is 0.160. The Morgan fingerprint density at radius 2 is 2.06 bits per heavy atom. The maximum atomic E-state index is 11.8. The minimum absolute atomic E-state index is 0.296. The Labute approximate surface area is 106 Å². The summed E-state index contributed by atoms with van der Waals surface area (Å²) in [7, 11) is 3.07. The number of hydrogen-bond acceptors (Lipinski definition) is 4. The van der Waals surface area contributed by atoms with Gasteiger partial charge in [0.1, 0.15) is 0 Å². The van der Waals surface area contributed by atoms with Gasteiger partial charge in [0.05, 0.1) is 6.10 Å². The average Bonchev–Trinajstić information content (AvgIpc) is 2.33. The molecule has 1 aromatic rings. The second-order valence-electron chi connectivity index (χ2n) is 4.49. The molecule has 6 heteroatoms. The van der Waals surface area contributed by atoms with Gasteiger partial charge in [-0.25, -0.2) is 4.79 Å². The molecule has 0 aromatic carbocycles. The van der Waals surface area contributed by atoms with Crippen molar-refractivity contribution in [3.05, 3.63) is 32.6 Å². The van der Waals surface area contributed by atoms with Gasteiger partial charge in [-0.3, -0.25) is 9.36 Å². The molecule has 1 unspecified atom stereocenters. The van der Waals surface area contributed by atoms with Gasteiger partial charge in [-0.05, 0) is 6.42 Å². The van der Waals surface area contributed by atoms with Gasteiger partial charge in [0.2, 0.25) is 0 Å². The number of aryl methyl sites for hydroxylation is 1. The largest absolute Gasteiger partial charge is 0.392 e. The SMILES string of the molecule is CCCC(O)CNCc1cn(C)c(=O)n(C)c1=O. The van der Waals surface area contributed by atoms with Crippen molar-refractivity contribution in [2.45, 2.75) is 32.4 Å². The molecule has 1 heterocycles. The summed E-state index contributed by atoms with van der Waals surface area (Å²) in [6, 6.07) is 0. The van der Waals surface area contributed by atoms with Crippen LogP contribution in [0, 0.1) is 0 Å². The number of nitrogens with zero attached hydrogens (tertiary/aromatic N) is 2. The Morgan fingerprint density at radius 1 is 1.39 bits per heavy atom. The molecule has 2 N–H and O–H groups in total. The molecule has 0 aliphatic carbocycles. The minimum Gasteiger partial charge on any atom is -0.392 e. The summed E-state index contributed by atoms with van der Waals surface area (Å²) in [5.41, 5.74) is -0.117. The van der Waals surface area contributed by atoms with E-state index in [1.54, 1.807) is 7.05 Å². The van der Waals surface area contributed by atoms with E-state index in [9.17, 15) is 14.7 Å². The minimum atomic E-state index is -0.397. The van der Waals surface area contributed by atoms with Gasteiger partial charge in [-0.1, -0.05) is 13.3 Å². The van der Waals surface area contributed by atoms with Crippen molar-refractivity contribution in [2.75, 3.05) is 6.54 Å². The van der Waals surface area contributed by atoms with Gasteiger partial charge >= 0.3 is 5.69 Å². The topological polar surface area (TPSA) is 76.3 Å². The molecule has 1 rings (SSSR count). The lowest BCUT2D eigenvalue weighted by Crippen LogP contribution is -2.40. The van der Waals surface area contributed by atoms with E-state index >= 15 is 0 Å². The molecule has 102 valence electrons. The van der Waals surface area contributed by atoms with Gasteiger partial charge in [0.25, 0.3) is 5.56 Å².